The largest absolute Gasteiger partial charge is 0.508 e. The zero-order valence-corrected chi connectivity index (χ0v) is 13.3. The summed E-state index contributed by atoms with van der Waals surface area (Å²) in [6, 6.07) is 10.8. The first-order valence-electron chi connectivity index (χ1n) is 7.88. The van der Waals surface area contributed by atoms with Gasteiger partial charge in [-0.1, -0.05) is 12.1 Å². The first-order chi connectivity index (χ1) is 11.1. The maximum absolute atomic E-state index is 12.7. The number of hydrogen-bond donors (Lipinski definition) is 1. The molecule has 1 aromatic carbocycles. The lowest BCUT2D eigenvalue weighted by molar-refractivity contribution is 0.0793. The molecule has 1 aliphatic heterocycles. The summed E-state index contributed by atoms with van der Waals surface area (Å²) in [4.78, 5) is 20.9. The van der Waals surface area contributed by atoms with Crippen LogP contribution in [0.3, 0.4) is 0 Å². The van der Waals surface area contributed by atoms with E-state index in [1.165, 1.54) is 0 Å². The van der Waals surface area contributed by atoms with Gasteiger partial charge in [0.05, 0.1) is 5.56 Å². The molecule has 5 heteroatoms. The Morgan fingerprint density at radius 2 is 2.04 bits per heavy atom. The van der Waals surface area contributed by atoms with Crippen molar-refractivity contribution in [1.29, 1.82) is 0 Å². The summed E-state index contributed by atoms with van der Waals surface area (Å²) in [5.74, 6) is 0.964. The molecule has 3 rings (SSSR count). The van der Waals surface area contributed by atoms with Crippen molar-refractivity contribution < 1.29 is 9.90 Å². The third-order valence-corrected chi connectivity index (χ3v) is 4.10. The fraction of sp³-hybridized carbons (Fsp3) is 0.333. The molecule has 1 aromatic heterocycles. The molecule has 0 atom stereocenters. The number of anilines is 1. The molecule has 1 aliphatic rings. The Morgan fingerprint density at radius 1 is 1.26 bits per heavy atom. The number of benzene rings is 1. The molecule has 0 radical (unpaired) electrons. The number of aromatic hydroxyl groups is 1. The second kappa shape index (κ2) is 6.69. The highest BCUT2D eigenvalue weighted by atomic mass is 16.3. The van der Waals surface area contributed by atoms with Gasteiger partial charge in [0.2, 0.25) is 0 Å². The molecule has 120 valence electrons. The topological polar surface area (TPSA) is 56.7 Å². The van der Waals surface area contributed by atoms with Crippen LogP contribution in [0.5, 0.6) is 5.75 Å². The molecule has 0 unspecified atom stereocenters. The minimum atomic E-state index is 0.0494. The number of nitrogens with zero attached hydrogens (tertiary/aromatic N) is 3. The Balaban J connectivity index is 1.83. The quantitative estimate of drug-likeness (QED) is 0.943. The van der Waals surface area contributed by atoms with Crippen molar-refractivity contribution in [3.8, 4) is 5.75 Å². The van der Waals surface area contributed by atoms with Crippen molar-refractivity contribution in [2.45, 2.75) is 19.4 Å². The van der Waals surface area contributed by atoms with Gasteiger partial charge in [-0.2, -0.15) is 0 Å². The first kappa shape index (κ1) is 15.3. The second-order valence-corrected chi connectivity index (χ2v) is 5.90. The lowest BCUT2D eigenvalue weighted by atomic mass is 10.1. The van der Waals surface area contributed by atoms with Crippen molar-refractivity contribution in [2.75, 3.05) is 25.0 Å². The summed E-state index contributed by atoms with van der Waals surface area (Å²) >= 11 is 0. The normalized spacial score (nSPS) is 14.0. The minimum Gasteiger partial charge on any atom is -0.508 e. The maximum Gasteiger partial charge on any atom is 0.257 e. The van der Waals surface area contributed by atoms with Gasteiger partial charge in [0.15, 0.2) is 0 Å². The number of hydrogen-bond acceptors (Lipinski definition) is 4. The average Bonchev–Trinajstić information content (AvgIpc) is 3.08. The smallest absolute Gasteiger partial charge is 0.257 e. The van der Waals surface area contributed by atoms with E-state index < -0.39 is 0 Å². The third-order valence-electron chi connectivity index (χ3n) is 4.10. The van der Waals surface area contributed by atoms with Gasteiger partial charge >= 0.3 is 0 Å². The molecule has 5 nitrogen and oxygen atoms in total. The van der Waals surface area contributed by atoms with E-state index in [0.717, 1.165) is 31.5 Å². The molecule has 2 heterocycles. The van der Waals surface area contributed by atoms with Crippen molar-refractivity contribution in [3.63, 3.8) is 0 Å². The number of rotatable bonds is 4. The lowest BCUT2D eigenvalue weighted by Gasteiger charge is -2.23. The van der Waals surface area contributed by atoms with Crippen molar-refractivity contribution in [3.05, 3.63) is 53.7 Å². The number of amides is 1. The van der Waals surface area contributed by atoms with Gasteiger partial charge in [-0.3, -0.25) is 4.79 Å². The molecular formula is C18H21N3O2. The number of pyridine rings is 1. The maximum atomic E-state index is 12.7. The summed E-state index contributed by atoms with van der Waals surface area (Å²) in [6.07, 6.45) is 3.84. The van der Waals surface area contributed by atoms with Crippen molar-refractivity contribution in [1.82, 2.24) is 9.88 Å². The van der Waals surface area contributed by atoms with Gasteiger partial charge in [-0.25, -0.2) is 4.98 Å². The lowest BCUT2D eigenvalue weighted by Crippen LogP contribution is -2.30. The molecule has 1 fully saturated rings. The Bertz CT molecular complexity index is 696. The van der Waals surface area contributed by atoms with Crippen LogP contribution in [-0.4, -0.2) is 41.0 Å². The first-order valence-corrected chi connectivity index (χ1v) is 7.88. The van der Waals surface area contributed by atoms with Crippen molar-refractivity contribution >= 4 is 11.7 Å². The molecule has 23 heavy (non-hydrogen) atoms. The third kappa shape index (κ3) is 3.44. The highest BCUT2D eigenvalue weighted by molar-refractivity contribution is 5.99. The van der Waals surface area contributed by atoms with Gasteiger partial charge in [0, 0.05) is 32.9 Å². The predicted octanol–water partition coefficient (Wildman–Crippen LogP) is 2.66. The van der Waals surface area contributed by atoms with E-state index >= 15 is 0 Å². The Hall–Kier alpha value is -2.56. The highest BCUT2D eigenvalue weighted by Gasteiger charge is 2.23. The fourth-order valence-electron chi connectivity index (χ4n) is 2.96. The van der Waals surface area contributed by atoms with Crippen LogP contribution in [-0.2, 0) is 6.54 Å². The fourth-order valence-corrected chi connectivity index (χ4v) is 2.96. The monoisotopic (exact) mass is 311 g/mol. The molecule has 0 saturated carbocycles. The summed E-state index contributed by atoms with van der Waals surface area (Å²) in [5.41, 5.74) is 1.61. The average molecular weight is 311 g/mol. The van der Waals surface area contributed by atoms with Crippen LogP contribution < -0.4 is 4.90 Å². The van der Waals surface area contributed by atoms with Gasteiger partial charge in [0.25, 0.3) is 5.91 Å². The van der Waals surface area contributed by atoms with Gasteiger partial charge < -0.3 is 14.9 Å². The minimum absolute atomic E-state index is 0.0494. The van der Waals surface area contributed by atoms with E-state index in [9.17, 15) is 9.90 Å². The Kier molecular flexibility index (Phi) is 4.46. The van der Waals surface area contributed by atoms with Crippen LogP contribution in [0.25, 0.3) is 0 Å². The predicted molar refractivity (Wildman–Crippen MR) is 89.6 cm³/mol. The number of phenols is 1. The Labute approximate surface area is 136 Å². The van der Waals surface area contributed by atoms with E-state index in [-0.39, 0.29) is 11.7 Å². The summed E-state index contributed by atoms with van der Waals surface area (Å²) in [6.45, 7) is 2.22. The molecule has 0 aliphatic carbocycles. The molecular weight excluding hydrogens is 290 g/mol. The van der Waals surface area contributed by atoms with Gasteiger partial charge in [0.1, 0.15) is 11.6 Å². The SMILES string of the molecule is CN(Cc1cccc(O)c1)c1ncccc1C(=O)N1CCCC1. The Morgan fingerprint density at radius 3 is 2.78 bits per heavy atom. The van der Waals surface area contributed by atoms with E-state index in [1.54, 1.807) is 24.4 Å². The van der Waals surface area contributed by atoms with Crippen LogP contribution in [0.15, 0.2) is 42.6 Å². The van der Waals surface area contributed by atoms with Crippen LogP contribution in [0, 0.1) is 0 Å². The molecule has 1 amide bonds. The summed E-state index contributed by atoms with van der Waals surface area (Å²) in [7, 11) is 1.91. The number of carbonyl (C=O) groups is 1. The van der Waals surface area contributed by atoms with E-state index in [2.05, 4.69) is 4.98 Å². The van der Waals surface area contributed by atoms with E-state index in [1.807, 2.05) is 35.0 Å². The molecule has 0 spiro atoms. The van der Waals surface area contributed by atoms with E-state index in [0.29, 0.717) is 17.9 Å². The molecule has 0 bridgehead atoms. The molecule has 1 saturated heterocycles. The number of aromatic nitrogens is 1. The summed E-state index contributed by atoms with van der Waals surface area (Å²) < 4.78 is 0. The standard InChI is InChI=1S/C18H21N3O2/c1-20(13-14-6-4-7-15(22)12-14)17-16(8-5-9-19-17)18(23)21-10-2-3-11-21/h4-9,12,22H,2-3,10-11,13H2,1H3. The van der Waals surface area contributed by atoms with Crippen LogP contribution in [0.2, 0.25) is 0 Å². The van der Waals surface area contributed by atoms with Crippen LogP contribution in [0.4, 0.5) is 5.82 Å². The second-order valence-electron chi connectivity index (χ2n) is 5.90. The zero-order chi connectivity index (χ0) is 16.2. The number of carbonyl (C=O) groups excluding carboxylic acids is 1. The number of likely N-dealkylation sites (tertiary alicyclic amines) is 1. The van der Waals surface area contributed by atoms with Crippen molar-refractivity contribution in [2.24, 2.45) is 0 Å². The van der Waals surface area contributed by atoms with E-state index in [4.69, 9.17) is 0 Å². The van der Waals surface area contributed by atoms with Crippen LogP contribution >= 0.6 is 0 Å². The molecule has 2 aromatic rings. The van der Waals surface area contributed by atoms with Crippen LogP contribution in [0.1, 0.15) is 28.8 Å². The van der Waals surface area contributed by atoms with Gasteiger partial charge in [-0.15, -0.1) is 0 Å². The highest BCUT2D eigenvalue weighted by Crippen LogP contribution is 2.22. The summed E-state index contributed by atoms with van der Waals surface area (Å²) in [5, 5.41) is 9.59. The zero-order valence-electron chi connectivity index (χ0n) is 13.3. The molecule has 1 N–H and O–H groups in total. The van der Waals surface area contributed by atoms with Gasteiger partial charge in [-0.05, 0) is 42.7 Å². The number of phenolic OH excluding ortho intramolecular Hbond substituents is 1.